The molecular weight excluding hydrogens is 651 g/mol. The van der Waals surface area contributed by atoms with Gasteiger partial charge >= 0.3 is 6.18 Å². The maximum atomic E-state index is 12.5. The van der Waals surface area contributed by atoms with Gasteiger partial charge in [0, 0.05) is 26.5 Å². The van der Waals surface area contributed by atoms with E-state index in [0.29, 0.717) is 11.5 Å². The van der Waals surface area contributed by atoms with Crippen LogP contribution in [-0.4, -0.2) is 21.1 Å². The van der Waals surface area contributed by atoms with Crippen LogP contribution in [0.4, 0.5) is 13.2 Å². The first-order valence-corrected chi connectivity index (χ1v) is 11.2. The van der Waals surface area contributed by atoms with Crippen molar-refractivity contribution in [2.24, 2.45) is 0 Å². The number of H-pyrrole nitrogens is 1. The molecule has 3 N–H and O–H groups in total. The molecule has 0 fully saturated rings. The van der Waals surface area contributed by atoms with Crippen LogP contribution in [0, 0.1) is 0 Å². The van der Waals surface area contributed by atoms with Gasteiger partial charge in [-0.3, -0.25) is 0 Å². The topological polar surface area (TPSA) is 81.9 Å². The Bertz CT molecular complexity index is 1400. The van der Waals surface area contributed by atoms with Gasteiger partial charge in [0.15, 0.2) is 0 Å². The number of imidazole rings is 1. The van der Waals surface area contributed by atoms with Crippen LogP contribution in [0.25, 0.3) is 28.7 Å². The van der Waals surface area contributed by atoms with E-state index in [1.807, 2.05) is 19.9 Å². The van der Waals surface area contributed by atoms with E-state index in [2.05, 4.69) is 23.1 Å². The van der Waals surface area contributed by atoms with Crippen molar-refractivity contribution in [3.63, 3.8) is 0 Å². The maximum absolute atomic E-state index is 12.5. The molecule has 9 heteroatoms. The number of rotatable bonds is 4. The molecule has 4 aromatic rings. The number of phenols is 1. The van der Waals surface area contributed by atoms with Gasteiger partial charge in [0.2, 0.25) is 0 Å². The number of ether oxygens (including phenoxy) is 1. The molecule has 0 aliphatic heterocycles. The third-order valence-electron chi connectivity index (χ3n) is 4.91. The van der Waals surface area contributed by atoms with E-state index in [1.54, 1.807) is 43.6 Å². The molecule has 1 heterocycles. The number of nitrogens with one attached hydrogen (secondary N) is 2. The molecule has 37 heavy (non-hydrogen) atoms. The van der Waals surface area contributed by atoms with Gasteiger partial charge in [-0.05, 0) is 59.5 Å². The smallest absolute Gasteiger partial charge is 0.416 e. The van der Waals surface area contributed by atoms with Crippen LogP contribution in [0.5, 0.6) is 17.2 Å². The summed E-state index contributed by atoms with van der Waals surface area (Å²) < 4.78 is 43.2. The Labute approximate surface area is 228 Å². The van der Waals surface area contributed by atoms with Gasteiger partial charge < -0.3 is 20.6 Å². The van der Waals surface area contributed by atoms with Gasteiger partial charge in [-0.1, -0.05) is 52.1 Å². The van der Waals surface area contributed by atoms with E-state index < -0.39 is 11.7 Å². The van der Waals surface area contributed by atoms with Gasteiger partial charge in [0.05, 0.1) is 22.6 Å². The van der Waals surface area contributed by atoms with Crippen molar-refractivity contribution in [2.45, 2.75) is 33.0 Å². The second-order valence-electron chi connectivity index (χ2n) is 7.40. The molecule has 0 aliphatic carbocycles. The van der Waals surface area contributed by atoms with Crippen molar-refractivity contribution >= 4 is 22.9 Å². The third kappa shape index (κ3) is 8.62. The maximum Gasteiger partial charge on any atom is 0.416 e. The van der Waals surface area contributed by atoms with Crippen molar-refractivity contribution in [3.05, 3.63) is 102 Å². The number of aromatic amines is 1. The van der Waals surface area contributed by atoms with Gasteiger partial charge in [-0.15, -0.1) is 6.04 Å². The Morgan fingerprint density at radius 1 is 1.11 bits per heavy atom. The minimum Gasteiger partial charge on any atom is -0.671 e. The molecule has 0 saturated carbocycles. The molecule has 0 aliphatic rings. The number of benzene rings is 3. The zero-order chi connectivity index (χ0) is 26.9. The fourth-order valence-electron chi connectivity index (χ4n) is 3.22. The summed E-state index contributed by atoms with van der Waals surface area (Å²) in [6.45, 7) is 13.2. The van der Waals surface area contributed by atoms with Crippen molar-refractivity contribution in [3.8, 4) is 17.2 Å². The van der Waals surface area contributed by atoms with E-state index in [0.717, 1.165) is 39.2 Å². The van der Waals surface area contributed by atoms with E-state index >= 15 is 0 Å². The summed E-state index contributed by atoms with van der Waals surface area (Å²) in [5.74, 6) is 0.963. The van der Waals surface area contributed by atoms with E-state index in [4.69, 9.17) is 10.5 Å². The number of hydrogen-bond acceptors (Lipinski definition) is 3. The Morgan fingerprint density at radius 2 is 1.76 bits per heavy atom. The molecule has 196 valence electrons. The molecule has 0 bridgehead atoms. The van der Waals surface area contributed by atoms with Crippen LogP contribution in [0.15, 0.2) is 79.6 Å². The van der Waals surface area contributed by atoms with Crippen molar-refractivity contribution in [2.75, 3.05) is 0 Å². The fourth-order valence-corrected chi connectivity index (χ4v) is 3.22. The van der Waals surface area contributed by atoms with Crippen LogP contribution in [0.1, 0.15) is 26.3 Å². The minimum atomic E-state index is -4.37. The molecule has 0 amide bonds. The average molecular weight is 680 g/mol. The first-order chi connectivity index (χ1) is 17.1. The quantitative estimate of drug-likeness (QED) is 0.244. The minimum absolute atomic E-state index is 0. The Kier molecular flexibility index (Phi) is 12.3. The number of nitrogens with zero attached hydrogens (tertiary/aromatic N) is 1. The van der Waals surface area contributed by atoms with Crippen LogP contribution in [-0.2, 0) is 27.2 Å². The molecule has 0 saturated heterocycles. The SMILES string of the molecule is C=C/C(=c1/nc[nH]c1=C)C(C)[NH-].CC.Oc1ccc2c(Oc3ccc(C(F)(F)F)cc3)cccc2c1.[W]. The fraction of sp³-hybridized carbons (Fsp3) is 0.179. The number of phenolic OH excluding ortho intramolecular Hbond substituents is 1. The molecule has 1 unspecified atom stereocenters. The summed E-state index contributed by atoms with van der Waals surface area (Å²) >= 11 is 0. The summed E-state index contributed by atoms with van der Waals surface area (Å²) in [5.41, 5.74) is 7.60. The molecule has 1 aromatic heterocycles. The van der Waals surface area contributed by atoms with E-state index in [-0.39, 0.29) is 32.9 Å². The standard InChI is InChI=1S/C17H11F3O2.C9H12N3.C2H6.W/c18-17(19,20)12-4-7-14(8-5-12)22-16-3-1-2-11-10-13(21)6-9-15(11)16;1-4-8(6(2)10)9-7(3)11-5-12-9;1-2;/h1-10,21H;4-6,10H,1,3H2,2H3,(H,11,12);1-2H3;/q;-1;;/b;9-8-;;. The summed E-state index contributed by atoms with van der Waals surface area (Å²) in [4.78, 5) is 6.93. The van der Waals surface area contributed by atoms with Gasteiger partial charge in [0.1, 0.15) is 17.2 Å². The zero-order valence-corrected chi connectivity index (χ0v) is 23.7. The van der Waals surface area contributed by atoms with E-state index in [1.165, 1.54) is 18.2 Å². The summed E-state index contributed by atoms with van der Waals surface area (Å²) in [6.07, 6.45) is -1.14. The zero-order valence-electron chi connectivity index (χ0n) is 20.8. The average Bonchev–Trinajstić information content (AvgIpc) is 3.26. The van der Waals surface area contributed by atoms with Crippen molar-refractivity contribution < 1.29 is 44.1 Å². The van der Waals surface area contributed by atoms with Crippen LogP contribution in [0.2, 0.25) is 0 Å². The summed E-state index contributed by atoms with van der Waals surface area (Å²) in [5, 5.41) is 12.5. The summed E-state index contributed by atoms with van der Waals surface area (Å²) in [6, 6.07) is 14.3. The predicted molar refractivity (Wildman–Crippen MR) is 139 cm³/mol. The number of aromatic nitrogens is 2. The Balaban J connectivity index is 0.000000390. The second-order valence-corrected chi connectivity index (χ2v) is 7.40. The van der Waals surface area contributed by atoms with Crippen molar-refractivity contribution in [1.82, 2.24) is 9.97 Å². The first kappa shape index (κ1) is 31.7. The molecule has 5 nitrogen and oxygen atoms in total. The van der Waals surface area contributed by atoms with E-state index in [9.17, 15) is 18.3 Å². The molecule has 1 atom stereocenters. The Hall–Kier alpha value is -3.35. The normalized spacial score (nSPS) is 12.1. The monoisotopic (exact) mass is 680 g/mol. The number of aromatic hydroxyl groups is 1. The van der Waals surface area contributed by atoms with Crippen LogP contribution >= 0.6 is 0 Å². The number of halogens is 3. The van der Waals surface area contributed by atoms with Gasteiger partial charge in [-0.2, -0.15) is 13.2 Å². The third-order valence-corrected chi connectivity index (χ3v) is 4.91. The van der Waals surface area contributed by atoms with Crippen LogP contribution < -0.4 is 15.4 Å². The number of hydrogen-bond donors (Lipinski definition) is 2. The Morgan fingerprint density at radius 3 is 2.27 bits per heavy atom. The molecule has 0 radical (unpaired) electrons. The largest absolute Gasteiger partial charge is 0.671 e. The summed E-state index contributed by atoms with van der Waals surface area (Å²) in [7, 11) is 0. The van der Waals surface area contributed by atoms with Gasteiger partial charge in [-0.25, -0.2) is 4.98 Å². The molecule has 3 aromatic carbocycles. The van der Waals surface area contributed by atoms with Crippen molar-refractivity contribution in [1.29, 1.82) is 0 Å². The number of alkyl halides is 3. The molecular formula is C28H29F3N3O2W-. The first-order valence-electron chi connectivity index (χ1n) is 11.2. The van der Waals surface area contributed by atoms with Gasteiger partial charge in [0.25, 0.3) is 0 Å². The molecule has 4 rings (SSSR count). The second kappa shape index (κ2) is 14.4. The van der Waals surface area contributed by atoms with Crippen LogP contribution in [0.3, 0.4) is 0 Å². The molecule has 0 spiro atoms. The predicted octanol–water partition coefficient (Wildman–Crippen LogP) is 6.98. The number of fused-ring (bicyclic) bond motifs is 1.